The largest absolute Gasteiger partial charge is 0.481 e. The second-order valence-electron chi connectivity index (χ2n) is 9.90. The summed E-state index contributed by atoms with van der Waals surface area (Å²) in [4.78, 5) is 34.0. The second kappa shape index (κ2) is 11.4. The number of amides is 1. The lowest BCUT2D eigenvalue weighted by molar-refractivity contribution is -0.137. The number of rotatable bonds is 9. The number of nitrogens with one attached hydrogen (secondary N) is 1. The summed E-state index contributed by atoms with van der Waals surface area (Å²) in [5, 5.41) is 12.1. The summed E-state index contributed by atoms with van der Waals surface area (Å²) in [5.74, 6) is -1.11. The molecule has 0 aliphatic carbocycles. The number of carboxylic acid groups (broad SMARTS) is 1. The van der Waals surface area contributed by atoms with E-state index in [0.29, 0.717) is 48.0 Å². The van der Waals surface area contributed by atoms with Crippen molar-refractivity contribution in [2.24, 2.45) is 0 Å². The van der Waals surface area contributed by atoms with Crippen LogP contribution in [0.5, 0.6) is 0 Å². The molecule has 0 bridgehead atoms. The molecule has 0 saturated heterocycles. The average molecular weight is 559 g/mol. The van der Waals surface area contributed by atoms with Crippen LogP contribution in [0.4, 0.5) is 5.69 Å². The summed E-state index contributed by atoms with van der Waals surface area (Å²) < 4.78 is 25.9. The number of aliphatic carboxylic acids is 1. The van der Waals surface area contributed by atoms with Gasteiger partial charge in [0.1, 0.15) is 0 Å². The molecule has 40 heavy (non-hydrogen) atoms. The van der Waals surface area contributed by atoms with Crippen molar-refractivity contribution in [1.29, 1.82) is 0 Å². The Morgan fingerprint density at radius 1 is 0.975 bits per heavy atom. The molecule has 2 heterocycles. The van der Waals surface area contributed by atoms with Crippen LogP contribution in [0.15, 0.2) is 72.8 Å². The van der Waals surface area contributed by atoms with E-state index in [1.807, 2.05) is 42.5 Å². The zero-order chi connectivity index (χ0) is 28.3. The van der Waals surface area contributed by atoms with E-state index in [9.17, 15) is 18.0 Å². The van der Waals surface area contributed by atoms with Crippen LogP contribution >= 0.6 is 0 Å². The van der Waals surface area contributed by atoms with Gasteiger partial charge in [0.25, 0.3) is 5.91 Å². The van der Waals surface area contributed by atoms with E-state index in [0.717, 1.165) is 22.5 Å². The Kier molecular flexibility index (Phi) is 7.79. The minimum atomic E-state index is -3.43. The number of para-hydroxylation sites is 1. The van der Waals surface area contributed by atoms with Gasteiger partial charge < -0.3 is 10.4 Å². The molecule has 0 saturated carbocycles. The first-order chi connectivity index (χ1) is 19.2. The predicted molar refractivity (Wildman–Crippen MR) is 154 cm³/mol. The standard InChI is InChI=1S/C30H30N4O5S/c1-40(38,39)34-18-17-23(22-11-5-7-13-27(22)34)33-30(37)21-15-16-24-26(19-21)31-25(12-6-8-14-28(35)36)29(32-24)20-9-3-2-4-10-20/h2-5,7,9-11,13,15-16,19,23H,6,8,12,14,17-18H2,1H3,(H,33,37)(H,35,36). The number of benzene rings is 3. The third-order valence-electron chi connectivity index (χ3n) is 7.01. The van der Waals surface area contributed by atoms with E-state index in [1.165, 1.54) is 10.6 Å². The van der Waals surface area contributed by atoms with E-state index in [2.05, 4.69) is 5.32 Å². The SMILES string of the molecule is CS(=O)(=O)N1CCC(NC(=O)c2ccc3nc(-c4ccccc4)c(CCCCC(=O)O)nc3c2)c2ccccc21. The van der Waals surface area contributed by atoms with E-state index in [-0.39, 0.29) is 24.9 Å². The predicted octanol–water partition coefficient (Wildman–Crippen LogP) is 4.74. The van der Waals surface area contributed by atoms with Crippen molar-refractivity contribution < 1.29 is 23.1 Å². The highest BCUT2D eigenvalue weighted by Crippen LogP contribution is 2.35. The zero-order valence-corrected chi connectivity index (χ0v) is 22.9. The van der Waals surface area contributed by atoms with Gasteiger partial charge in [-0.05, 0) is 55.5 Å². The molecule has 1 unspecified atom stereocenters. The van der Waals surface area contributed by atoms with Gasteiger partial charge in [0.05, 0.1) is 40.4 Å². The van der Waals surface area contributed by atoms with Gasteiger partial charge in [0.2, 0.25) is 10.0 Å². The Hall–Kier alpha value is -4.31. The molecule has 1 aliphatic rings. The molecule has 206 valence electrons. The number of fused-ring (bicyclic) bond motifs is 2. The third kappa shape index (κ3) is 5.96. The van der Waals surface area contributed by atoms with Crippen LogP contribution in [0.2, 0.25) is 0 Å². The molecule has 1 atom stereocenters. The lowest BCUT2D eigenvalue weighted by atomic mass is 9.97. The van der Waals surface area contributed by atoms with Crippen LogP contribution in [0.1, 0.15) is 53.3 Å². The van der Waals surface area contributed by atoms with Crippen LogP contribution < -0.4 is 9.62 Å². The molecule has 3 aromatic carbocycles. The highest BCUT2D eigenvalue weighted by atomic mass is 32.2. The van der Waals surface area contributed by atoms with Crippen LogP contribution in [-0.4, -0.2) is 48.2 Å². The van der Waals surface area contributed by atoms with Crippen molar-refractivity contribution in [2.45, 2.75) is 38.1 Å². The van der Waals surface area contributed by atoms with Gasteiger partial charge in [-0.2, -0.15) is 0 Å². The summed E-state index contributed by atoms with van der Waals surface area (Å²) >= 11 is 0. The summed E-state index contributed by atoms with van der Waals surface area (Å²) in [5.41, 5.74) is 5.40. The molecule has 0 fully saturated rings. The average Bonchev–Trinajstić information content (AvgIpc) is 2.94. The smallest absolute Gasteiger partial charge is 0.303 e. The normalized spacial score (nSPS) is 15.0. The molecule has 5 rings (SSSR count). The van der Waals surface area contributed by atoms with Gasteiger partial charge in [-0.1, -0.05) is 48.5 Å². The molecular weight excluding hydrogens is 528 g/mol. The first-order valence-corrected chi connectivity index (χ1v) is 15.0. The van der Waals surface area contributed by atoms with Crippen molar-refractivity contribution in [1.82, 2.24) is 15.3 Å². The van der Waals surface area contributed by atoms with E-state index in [4.69, 9.17) is 15.1 Å². The Morgan fingerprint density at radius 3 is 2.48 bits per heavy atom. The number of nitrogens with zero attached hydrogens (tertiary/aromatic N) is 3. The number of unbranched alkanes of at least 4 members (excludes halogenated alkanes) is 1. The van der Waals surface area contributed by atoms with Crippen molar-refractivity contribution in [3.05, 3.63) is 89.6 Å². The minimum Gasteiger partial charge on any atom is -0.481 e. The molecule has 0 spiro atoms. The van der Waals surface area contributed by atoms with Gasteiger partial charge in [0, 0.05) is 24.1 Å². The Bertz CT molecular complexity index is 1670. The van der Waals surface area contributed by atoms with Crippen LogP contribution in [0.3, 0.4) is 0 Å². The molecule has 1 aromatic heterocycles. The minimum absolute atomic E-state index is 0.0955. The molecule has 4 aromatic rings. The topological polar surface area (TPSA) is 130 Å². The van der Waals surface area contributed by atoms with Gasteiger partial charge in [-0.3, -0.25) is 13.9 Å². The Balaban J connectivity index is 1.42. The highest BCUT2D eigenvalue weighted by Gasteiger charge is 2.30. The Morgan fingerprint density at radius 2 is 1.73 bits per heavy atom. The first-order valence-electron chi connectivity index (χ1n) is 13.2. The molecule has 2 N–H and O–H groups in total. The maximum absolute atomic E-state index is 13.3. The van der Waals surface area contributed by atoms with Crippen molar-refractivity contribution in [2.75, 3.05) is 17.1 Å². The van der Waals surface area contributed by atoms with E-state index >= 15 is 0 Å². The fraction of sp³-hybridized carbons (Fsp3) is 0.267. The quantitative estimate of drug-likeness (QED) is 0.284. The second-order valence-corrected chi connectivity index (χ2v) is 11.8. The van der Waals surface area contributed by atoms with Gasteiger partial charge in [-0.15, -0.1) is 0 Å². The lowest BCUT2D eigenvalue weighted by Crippen LogP contribution is -2.40. The molecular formula is C30H30N4O5S. The number of carbonyl (C=O) groups is 2. The Labute approximate surface area is 232 Å². The number of carbonyl (C=O) groups excluding carboxylic acids is 1. The summed E-state index contributed by atoms with van der Waals surface area (Å²) in [6.07, 6.45) is 3.47. The summed E-state index contributed by atoms with van der Waals surface area (Å²) in [6, 6.07) is 21.8. The summed E-state index contributed by atoms with van der Waals surface area (Å²) in [6.45, 7) is 0.275. The fourth-order valence-electron chi connectivity index (χ4n) is 5.07. The summed E-state index contributed by atoms with van der Waals surface area (Å²) in [7, 11) is -3.43. The van der Waals surface area contributed by atoms with Crippen molar-refractivity contribution >= 4 is 38.6 Å². The zero-order valence-electron chi connectivity index (χ0n) is 22.1. The maximum atomic E-state index is 13.3. The number of aromatic nitrogens is 2. The van der Waals surface area contributed by atoms with Gasteiger partial charge >= 0.3 is 5.97 Å². The van der Waals surface area contributed by atoms with Gasteiger partial charge in [-0.25, -0.2) is 18.4 Å². The monoisotopic (exact) mass is 558 g/mol. The number of sulfonamides is 1. The maximum Gasteiger partial charge on any atom is 0.303 e. The molecule has 9 nitrogen and oxygen atoms in total. The first kappa shape index (κ1) is 27.3. The molecule has 1 amide bonds. The lowest BCUT2D eigenvalue weighted by Gasteiger charge is -2.34. The number of carboxylic acids is 1. The van der Waals surface area contributed by atoms with Crippen LogP contribution in [-0.2, 0) is 21.2 Å². The van der Waals surface area contributed by atoms with Gasteiger partial charge in [0.15, 0.2) is 0 Å². The van der Waals surface area contributed by atoms with Crippen molar-refractivity contribution in [3.63, 3.8) is 0 Å². The van der Waals surface area contributed by atoms with Crippen LogP contribution in [0.25, 0.3) is 22.3 Å². The fourth-order valence-corrected chi connectivity index (χ4v) is 6.03. The third-order valence-corrected chi connectivity index (χ3v) is 8.19. The number of anilines is 1. The van der Waals surface area contributed by atoms with E-state index in [1.54, 1.807) is 30.3 Å². The highest BCUT2D eigenvalue weighted by molar-refractivity contribution is 7.92. The molecule has 10 heteroatoms. The van der Waals surface area contributed by atoms with E-state index < -0.39 is 16.0 Å². The number of hydrogen-bond acceptors (Lipinski definition) is 6. The number of hydrogen-bond donors (Lipinski definition) is 2. The number of aryl methyl sites for hydroxylation is 1. The van der Waals surface area contributed by atoms with Crippen LogP contribution in [0, 0.1) is 0 Å². The molecule has 0 radical (unpaired) electrons. The van der Waals surface area contributed by atoms with Crippen molar-refractivity contribution in [3.8, 4) is 11.3 Å². The molecule has 1 aliphatic heterocycles.